The Morgan fingerprint density at radius 3 is 2.69 bits per heavy atom. The molecule has 0 radical (unpaired) electrons. The first kappa shape index (κ1) is 18.3. The van der Waals surface area contributed by atoms with E-state index in [1.165, 1.54) is 35.2 Å². The van der Waals surface area contributed by atoms with Crippen molar-refractivity contribution in [3.8, 4) is 5.13 Å². The Bertz CT molecular complexity index is 1210. The zero-order chi connectivity index (χ0) is 20.1. The first-order chi connectivity index (χ1) is 14.0. The third kappa shape index (κ3) is 3.20. The number of para-hydroxylation sites is 1. The van der Waals surface area contributed by atoms with Crippen LogP contribution in [0.1, 0.15) is 22.1 Å². The molecule has 4 aromatic rings. The van der Waals surface area contributed by atoms with Gasteiger partial charge in [-0.15, -0.1) is 11.8 Å². The van der Waals surface area contributed by atoms with E-state index in [2.05, 4.69) is 15.4 Å². The fourth-order valence-electron chi connectivity index (χ4n) is 3.46. The zero-order valence-electron chi connectivity index (χ0n) is 15.1. The molecule has 1 aliphatic heterocycles. The number of amides is 1. The van der Waals surface area contributed by atoms with Crippen LogP contribution < -0.4 is 5.32 Å². The van der Waals surface area contributed by atoms with Crippen molar-refractivity contribution in [2.75, 3.05) is 11.1 Å². The Labute approximate surface area is 172 Å². The number of hydrogen-bond acceptors (Lipinski definition) is 5. The van der Waals surface area contributed by atoms with E-state index >= 15 is 0 Å². The highest BCUT2D eigenvalue weighted by Gasteiger charge is 2.31. The molecular weight excluding hydrogens is 414 g/mol. The number of fused-ring (bicyclic) bond motifs is 2. The van der Waals surface area contributed by atoms with E-state index in [4.69, 9.17) is 0 Å². The van der Waals surface area contributed by atoms with Gasteiger partial charge in [-0.2, -0.15) is 9.78 Å². The van der Waals surface area contributed by atoms with Crippen molar-refractivity contribution >= 4 is 45.0 Å². The van der Waals surface area contributed by atoms with Gasteiger partial charge in [-0.05, 0) is 36.8 Å². The molecule has 146 valence electrons. The Kier molecular flexibility index (Phi) is 4.36. The van der Waals surface area contributed by atoms with Gasteiger partial charge in [-0.1, -0.05) is 23.5 Å². The van der Waals surface area contributed by atoms with Crippen LogP contribution in [0.2, 0.25) is 0 Å². The summed E-state index contributed by atoms with van der Waals surface area (Å²) in [6.07, 6.45) is 0. The van der Waals surface area contributed by atoms with Crippen LogP contribution in [0, 0.1) is 18.6 Å². The number of halogens is 2. The van der Waals surface area contributed by atoms with Gasteiger partial charge >= 0.3 is 0 Å². The fourth-order valence-corrected chi connectivity index (χ4v) is 5.55. The maximum Gasteiger partial charge on any atom is 0.235 e. The third-order valence-electron chi connectivity index (χ3n) is 4.66. The zero-order valence-corrected chi connectivity index (χ0v) is 16.8. The molecule has 0 spiro atoms. The summed E-state index contributed by atoms with van der Waals surface area (Å²) < 4.78 is 30.3. The Balaban J connectivity index is 1.70. The van der Waals surface area contributed by atoms with Crippen LogP contribution in [0.25, 0.3) is 15.3 Å². The van der Waals surface area contributed by atoms with E-state index in [9.17, 15) is 13.6 Å². The molecule has 1 aliphatic rings. The molecule has 1 amide bonds. The van der Waals surface area contributed by atoms with E-state index in [1.54, 1.807) is 4.68 Å². The van der Waals surface area contributed by atoms with Crippen molar-refractivity contribution in [2.45, 2.75) is 12.2 Å². The number of aryl methyl sites for hydroxylation is 1. The normalized spacial score (nSPS) is 16.5. The summed E-state index contributed by atoms with van der Waals surface area (Å²) in [5.41, 5.74) is 2.69. The van der Waals surface area contributed by atoms with Gasteiger partial charge in [0, 0.05) is 11.6 Å². The van der Waals surface area contributed by atoms with Crippen molar-refractivity contribution in [3.63, 3.8) is 0 Å². The monoisotopic (exact) mass is 428 g/mol. The first-order valence-electron chi connectivity index (χ1n) is 8.82. The predicted octanol–water partition coefficient (Wildman–Crippen LogP) is 4.84. The van der Waals surface area contributed by atoms with Crippen LogP contribution in [-0.2, 0) is 4.79 Å². The number of thioether (sulfide) groups is 1. The minimum atomic E-state index is -0.651. The molecule has 0 saturated heterocycles. The number of nitrogens with zero attached hydrogens (tertiary/aromatic N) is 3. The van der Waals surface area contributed by atoms with Gasteiger partial charge in [-0.3, -0.25) is 4.79 Å². The van der Waals surface area contributed by atoms with Gasteiger partial charge in [0.05, 0.1) is 26.9 Å². The summed E-state index contributed by atoms with van der Waals surface area (Å²) in [5, 5.41) is 7.69. The number of carbonyl (C=O) groups is 1. The second-order valence-corrected chi connectivity index (χ2v) is 8.77. The van der Waals surface area contributed by atoms with Crippen LogP contribution in [0.5, 0.6) is 0 Å². The lowest BCUT2D eigenvalue weighted by Gasteiger charge is -2.15. The molecule has 0 fully saturated rings. The van der Waals surface area contributed by atoms with Crippen LogP contribution in [0.3, 0.4) is 0 Å². The second-order valence-electron chi connectivity index (χ2n) is 6.67. The summed E-state index contributed by atoms with van der Waals surface area (Å²) in [5.74, 6) is -0.843. The Morgan fingerprint density at radius 2 is 1.93 bits per heavy atom. The van der Waals surface area contributed by atoms with E-state index in [0.717, 1.165) is 21.8 Å². The van der Waals surface area contributed by atoms with Crippen molar-refractivity contribution in [1.29, 1.82) is 0 Å². The molecule has 5 nitrogen and oxygen atoms in total. The fraction of sp³-hybridized carbons (Fsp3) is 0.150. The van der Waals surface area contributed by atoms with Gasteiger partial charge < -0.3 is 5.32 Å². The van der Waals surface area contributed by atoms with Crippen molar-refractivity contribution < 1.29 is 13.6 Å². The smallest absolute Gasteiger partial charge is 0.235 e. The molecule has 2 aromatic heterocycles. The van der Waals surface area contributed by atoms with Crippen LogP contribution >= 0.6 is 23.1 Å². The average Bonchev–Trinajstić information content (AvgIpc) is 3.17. The highest BCUT2D eigenvalue weighted by Crippen LogP contribution is 2.44. The summed E-state index contributed by atoms with van der Waals surface area (Å²) >= 11 is 2.78. The Hall–Kier alpha value is -2.78. The molecule has 9 heteroatoms. The molecule has 0 aliphatic carbocycles. The number of aromatic nitrogens is 3. The van der Waals surface area contributed by atoms with Crippen LogP contribution in [0.4, 0.5) is 14.6 Å². The molecule has 0 saturated carbocycles. The van der Waals surface area contributed by atoms with Gasteiger partial charge in [0.15, 0.2) is 0 Å². The highest BCUT2D eigenvalue weighted by atomic mass is 32.2. The first-order valence-corrected chi connectivity index (χ1v) is 10.7. The number of anilines is 1. The van der Waals surface area contributed by atoms with Gasteiger partial charge in [0.25, 0.3) is 0 Å². The minimum absolute atomic E-state index is 0.163. The van der Waals surface area contributed by atoms with Crippen molar-refractivity contribution in [3.05, 3.63) is 70.9 Å². The molecule has 3 heterocycles. The molecule has 29 heavy (non-hydrogen) atoms. The lowest BCUT2D eigenvalue weighted by Crippen LogP contribution is -2.15. The molecule has 0 bridgehead atoms. The van der Waals surface area contributed by atoms with Crippen molar-refractivity contribution in [2.24, 2.45) is 0 Å². The average molecular weight is 428 g/mol. The topological polar surface area (TPSA) is 59.8 Å². The highest BCUT2D eigenvalue weighted by molar-refractivity contribution is 8.00. The van der Waals surface area contributed by atoms with Crippen molar-refractivity contribution in [1.82, 2.24) is 14.8 Å². The lowest BCUT2D eigenvalue weighted by molar-refractivity contribution is -0.113. The summed E-state index contributed by atoms with van der Waals surface area (Å²) in [6.45, 7) is 1.82. The van der Waals surface area contributed by atoms with E-state index in [0.29, 0.717) is 22.2 Å². The summed E-state index contributed by atoms with van der Waals surface area (Å²) in [6, 6.07) is 11.2. The van der Waals surface area contributed by atoms with Crippen LogP contribution in [-0.4, -0.2) is 26.4 Å². The van der Waals surface area contributed by atoms with Gasteiger partial charge in [-0.25, -0.2) is 13.8 Å². The molecule has 5 rings (SSSR count). The standard InChI is InChI=1S/C20H14F2N4OS2/c1-10-17-18(11-6-12(21)8-13(22)7-11)28-9-16(27)24-19(17)26(25-10)20-23-14-4-2-3-5-15(14)29-20/h2-8,18H,9H2,1H3,(H,24,27)/t18-/m0/s1. The van der Waals surface area contributed by atoms with E-state index in [-0.39, 0.29) is 11.7 Å². The predicted molar refractivity (Wildman–Crippen MR) is 111 cm³/mol. The molecule has 1 N–H and O–H groups in total. The Morgan fingerprint density at radius 1 is 1.17 bits per heavy atom. The van der Waals surface area contributed by atoms with E-state index < -0.39 is 16.9 Å². The van der Waals surface area contributed by atoms with Gasteiger partial charge in [0.2, 0.25) is 11.0 Å². The number of thiazole rings is 1. The third-order valence-corrected chi connectivity index (χ3v) is 6.94. The molecule has 1 atom stereocenters. The van der Waals surface area contributed by atoms with Crippen LogP contribution in [0.15, 0.2) is 42.5 Å². The maximum atomic E-state index is 13.9. The number of nitrogens with one attached hydrogen (secondary N) is 1. The summed E-state index contributed by atoms with van der Waals surface area (Å²) in [7, 11) is 0. The number of rotatable bonds is 2. The lowest BCUT2D eigenvalue weighted by atomic mass is 10.0. The second kappa shape index (κ2) is 6.93. The summed E-state index contributed by atoms with van der Waals surface area (Å²) in [4.78, 5) is 17.0. The SMILES string of the molecule is Cc1nn(-c2nc3ccccc3s2)c2c1[C@H](c1cc(F)cc(F)c1)SCC(=O)N2. The number of hydrogen-bond donors (Lipinski definition) is 1. The number of benzene rings is 2. The van der Waals surface area contributed by atoms with E-state index in [1.807, 2.05) is 31.2 Å². The molecule has 0 unspecified atom stereocenters. The quantitative estimate of drug-likeness (QED) is 0.496. The minimum Gasteiger partial charge on any atom is -0.310 e. The largest absolute Gasteiger partial charge is 0.310 e. The molecule has 2 aromatic carbocycles. The molecular formula is C20H14F2N4OS2. The van der Waals surface area contributed by atoms with Gasteiger partial charge in [0.1, 0.15) is 17.5 Å². The maximum absolute atomic E-state index is 13.9. The number of carbonyl (C=O) groups excluding carboxylic acids is 1.